The number of aliphatic hydroxyl groups is 2. The monoisotopic (exact) mass is 937 g/mol. The second-order valence-electron chi connectivity index (χ2n) is 19.5. The Morgan fingerprint density at radius 3 is 1.23 bits per heavy atom. The minimum atomic E-state index is -1.06. The molecule has 4 N–H and O–H groups in total. The lowest BCUT2D eigenvalue weighted by Gasteiger charge is -2.29. The third-order valence-electron chi connectivity index (χ3n) is 13.6. The maximum atomic E-state index is 11.7. The highest BCUT2D eigenvalue weighted by Gasteiger charge is 2.58. The van der Waals surface area contributed by atoms with Crippen LogP contribution in [0.1, 0.15) is 49.9 Å². The van der Waals surface area contributed by atoms with Crippen molar-refractivity contribution >= 4 is 48.8 Å². The number of ether oxygens (including phenoxy) is 10. The van der Waals surface area contributed by atoms with E-state index >= 15 is 0 Å². The summed E-state index contributed by atoms with van der Waals surface area (Å²) in [4.78, 5) is 0. The van der Waals surface area contributed by atoms with Crippen LogP contribution in [0.3, 0.4) is 0 Å². The Morgan fingerprint density at radius 2 is 0.855 bits per heavy atom. The van der Waals surface area contributed by atoms with Crippen LogP contribution in [0, 0.1) is 0 Å². The van der Waals surface area contributed by atoms with Gasteiger partial charge in [-0.1, -0.05) is 103 Å². The first kappa shape index (κ1) is 46.3. The summed E-state index contributed by atoms with van der Waals surface area (Å²) < 4.78 is 63.1. The summed E-state index contributed by atoms with van der Waals surface area (Å²) in [7, 11) is 0. The first-order valence-corrected chi connectivity index (χ1v) is 23.8. The van der Waals surface area contributed by atoms with Gasteiger partial charge in [0.15, 0.2) is 24.2 Å². The van der Waals surface area contributed by atoms with E-state index in [-0.39, 0.29) is 26.4 Å². The quantitative estimate of drug-likeness (QED) is 0.0626. The summed E-state index contributed by atoms with van der Waals surface area (Å²) in [5.74, 6) is -1.81. The smallest absolute Gasteiger partial charge is 0.190 e. The topological polar surface area (TPSA) is 159 Å². The van der Waals surface area contributed by atoms with E-state index in [0.717, 1.165) is 65.3 Å². The molecule has 11 rings (SSSR count). The Balaban J connectivity index is 0.755. The van der Waals surface area contributed by atoms with Gasteiger partial charge in [-0.05, 0) is 117 Å². The second-order valence-corrected chi connectivity index (χ2v) is 19.5. The van der Waals surface area contributed by atoms with Crippen LogP contribution in [0.15, 0.2) is 127 Å². The van der Waals surface area contributed by atoms with Crippen molar-refractivity contribution in [3.8, 4) is 0 Å². The molecule has 13 heteroatoms. The van der Waals surface area contributed by atoms with Gasteiger partial charge in [0.05, 0.1) is 39.6 Å². The zero-order valence-electron chi connectivity index (χ0n) is 39.2. The van der Waals surface area contributed by atoms with Crippen LogP contribution in [0.5, 0.6) is 0 Å². The average molecular weight is 938 g/mol. The maximum Gasteiger partial charge on any atom is 0.190 e. The first-order chi connectivity index (χ1) is 33.4. The van der Waals surface area contributed by atoms with Crippen molar-refractivity contribution in [3.05, 3.63) is 150 Å². The third-order valence-corrected chi connectivity index (χ3v) is 13.6. The molecule has 0 amide bonds. The molecule has 0 aromatic heterocycles. The lowest BCUT2D eigenvalue weighted by Crippen LogP contribution is -2.44. The lowest BCUT2D eigenvalue weighted by atomic mass is 9.97. The molecule has 10 atom stereocenters. The minimum Gasteiger partial charge on any atom is -0.399 e. The van der Waals surface area contributed by atoms with Gasteiger partial charge in [0, 0.05) is 5.69 Å². The number of benzene rings is 7. The van der Waals surface area contributed by atoms with Crippen molar-refractivity contribution in [1.29, 1.82) is 0 Å². The number of hydrogen-bond donors (Lipinski definition) is 3. The van der Waals surface area contributed by atoms with Crippen LogP contribution in [0.4, 0.5) is 5.69 Å². The molecule has 0 unspecified atom stereocenters. The van der Waals surface area contributed by atoms with E-state index in [9.17, 15) is 10.2 Å². The van der Waals surface area contributed by atoms with Crippen molar-refractivity contribution in [2.45, 2.75) is 127 Å². The Morgan fingerprint density at radius 1 is 0.493 bits per heavy atom. The molecule has 7 aromatic rings. The van der Waals surface area contributed by atoms with Crippen molar-refractivity contribution in [1.82, 2.24) is 0 Å². The van der Waals surface area contributed by atoms with Crippen molar-refractivity contribution in [2.24, 2.45) is 0 Å². The molecule has 4 heterocycles. The van der Waals surface area contributed by atoms with Crippen LogP contribution in [-0.4, -0.2) is 96.4 Å². The highest BCUT2D eigenvalue weighted by atomic mass is 16.9. The Hall–Kier alpha value is -5.10. The number of hydrogen-bond acceptors (Lipinski definition) is 13. The summed E-state index contributed by atoms with van der Waals surface area (Å²) in [5.41, 5.74) is 10.7. The molecule has 0 saturated carbocycles. The van der Waals surface area contributed by atoms with E-state index in [0.29, 0.717) is 18.9 Å². The predicted molar refractivity (Wildman–Crippen MR) is 260 cm³/mol. The van der Waals surface area contributed by atoms with Gasteiger partial charge in [-0.3, -0.25) is 0 Å². The number of nitrogen functional groups attached to an aromatic ring is 1. The number of nitrogens with two attached hydrogens (primary N) is 1. The molecule has 0 radical (unpaired) electrons. The third kappa shape index (κ3) is 9.48. The minimum absolute atomic E-state index is 0.00738. The molecule has 360 valence electrons. The van der Waals surface area contributed by atoms with Gasteiger partial charge in [-0.15, -0.1) is 0 Å². The van der Waals surface area contributed by atoms with Gasteiger partial charge in [-0.2, -0.15) is 0 Å². The van der Waals surface area contributed by atoms with Crippen LogP contribution in [0.25, 0.3) is 43.1 Å². The summed E-state index contributed by atoms with van der Waals surface area (Å²) in [6.45, 7) is 8.11. The molecule has 4 fully saturated rings. The summed E-state index contributed by atoms with van der Waals surface area (Å²) in [6.07, 6.45) is -7.82. The van der Waals surface area contributed by atoms with Crippen LogP contribution >= 0.6 is 0 Å². The lowest BCUT2D eigenvalue weighted by molar-refractivity contribution is -0.233. The summed E-state index contributed by atoms with van der Waals surface area (Å²) >= 11 is 0. The molecule has 7 aromatic carbocycles. The van der Waals surface area contributed by atoms with Crippen LogP contribution in [-0.2, 0) is 73.8 Å². The fourth-order valence-corrected chi connectivity index (χ4v) is 10.6. The normalized spacial score (nSPS) is 26.8. The zero-order chi connectivity index (χ0) is 47.4. The zero-order valence-corrected chi connectivity index (χ0v) is 39.2. The molecule has 13 nitrogen and oxygen atoms in total. The van der Waals surface area contributed by atoms with Gasteiger partial charge >= 0.3 is 0 Å². The molecule has 4 aliphatic heterocycles. The molecular weight excluding hydrogens is 879 g/mol. The van der Waals surface area contributed by atoms with Crippen molar-refractivity contribution in [3.63, 3.8) is 0 Å². The van der Waals surface area contributed by atoms with E-state index in [1.807, 2.05) is 94.4 Å². The molecule has 4 aliphatic rings. The van der Waals surface area contributed by atoms with Gasteiger partial charge < -0.3 is 63.3 Å². The highest BCUT2D eigenvalue weighted by molar-refractivity contribution is 6.03. The van der Waals surface area contributed by atoms with E-state index in [1.54, 1.807) is 0 Å². The van der Waals surface area contributed by atoms with Crippen LogP contribution < -0.4 is 5.73 Å². The molecule has 0 aliphatic carbocycles. The van der Waals surface area contributed by atoms with Gasteiger partial charge in [0.2, 0.25) is 0 Å². The van der Waals surface area contributed by atoms with Crippen molar-refractivity contribution < 1.29 is 57.6 Å². The van der Waals surface area contributed by atoms with Crippen LogP contribution in [0.2, 0.25) is 0 Å². The van der Waals surface area contributed by atoms with Gasteiger partial charge in [0.1, 0.15) is 48.8 Å². The summed E-state index contributed by atoms with van der Waals surface area (Å²) in [5, 5.41) is 32.2. The fourth-order valence-electron chi connectivity index (χ4n) is 10.6. The van der Waals surface area contributed by atoms with E-state index in [4.69, 9.17) is 53.1 Å². The molecule has 4 saturated heterocycles. The molecule has 0 spiro atoms. The Kier molecular flexibility index (Phi) is 12.7. The Labute approximate surface area is 400 Å². The largest absolute Gasteiger partial charge is 0.399 e. The maximum absolute atomic E-state index is 11.7. The standard InChI is InChI=1S/C56H59NO12/c1-55(2)66-51-49(47(64-53(51)68-55)45(58)30-60-28-43-39-17-9-5-13-34(39)24-35-14-6-10-18-40(35)43)62-26-32-21-33(23-38(57)22-32)27-63-50-48(65-54-52(50)67-56(3,4)69-54)46(59)31-61-29-44-41-19-11-7-15-36(41)25-37-16-8-12-20-42(37)44/h5-25,45-54,58-59H,26-31,57H2,1-4H3/t45-,46-,47-,48-,49+,50+,51-,52-,53-,54-/m1/s1. The SMILES string of the molecule is CC1(C)O[C@H]2O[C@H]([C@H](O)COCc3c4ccccc4cc4ccccc34)[C@H](OCc3cc(N)cc(CO[C@@H]4[C@H]5OC(C)(C)O[C@H]5O[C@@H]4[C@H](O)COCc4c5ccccc5cc5ccccc45)c3)[C@H]2O1. The van der Waals surface area contributed by atoms with Gasteiger partial charge in [0.25, 0.3) is 0 Å². The predicted octanol–water partition coefficient (Wildman–Crippen LogP) is 8.56. The van der Waals surface area contributed by atoms with E-state index in [1.165, 1.54) is 0 Å². The number of fused-ring (bicyclic) bond motifs is 6. The molecule has 0 bridgehead atoms. The number of aliphatic hydroxyl groups excluding tert-OH is 2. The first-order valence-electron chi connectivity index (χ1n) is 23.8. The van der Waals surface area contributed by atoms with Crippen molar-refractivity contribution in [2.75, 3.05) is 18.9 Å². The molecule has 69 heavy (non-hydrogen) atoms. The van der Waals surface area contributed by atoms with E-state index < -0.39 is 73.0 Å². The summed E-state index contributed by atoms with van der Waals surface area (Å²) in [6, 6.07) is 43.0. The second kappa shape index (κ2) is 18.9. The highest BCUT2D eigenvalue weighted by Crippen LogP contribution is 2.42. The van der Waals surface area contributed by atoms with E-state index in [2.05, 4.69) is 60.7 Å². The molecular formula is C56H59NO12. The number of rotatable bonds is 16. The van der Waals surface area contributed by atoms with Gasteiger partial charge in [-0.25, -0.2) is 0 Å². The number of anilines is 1. The average Bonchev–Trinajstić information content (AvgIpc) is 4.03. The fraction of sp³-hybridized carbons (Fsp3) is 0.393. The Bertz CT molecular complexity index is 2670.